The van der Waals surface area contributed by atoms with Crippen molar-refractivity contribution in [1.29, 1.82) is 0 Å². The molecule has 0 aliphatic rings. The van der Waals surface area contributed by atoms with Crippen molar-refractivity contribution >= 4 is 45.4 Å². The van der Waals surface area contributed by atoms with E-state index in [4.69, 9.17) is 11.6 Å². The second-order valence-corrected chi connectivity index (χ2v) is 8.00. The third-order valence-corrected chi connectivity index (χ3v) is 5.84. The molecule has 0 radical (unpaired) electrons. The van der Waals surface area contributed by atoms with Gasteiger partial charge >= 0.3 is 11.8 Å². The Hall–Kier alpha value is -3.30. The minimum absolute atomic E-state index is 0.224. The van der Waals surface area contributed by atoms with Crippen molar-refractivity contribution in [2.24, 2.45) is 0 Å². The molecule has 2 N–H and O–H groups in total. The molecule has 158 valence electrons. The zero-order valence-electron chi connectivity index (χ0n) is 16.4. The first kappa shape index (κ1) is 21.0. The number of hydrogen-bond acceptors (Lipinski definition) is 5. The number of carbonyl (C=O) groups excluding carboxylic acids is 2. The highest BCUT2D eigenvalue weighted by atomic mass is 35.5. The third kappa shape index (κ3) is 4.57. The van der Waals surface area contributed by atoms with Gasteiger partial charge in [0.1, 0.15) is 5.82 Å². The maximum atomic E-state index is 14.0. The number of benzene rings is 2. The molecule has 0 saturated carbocycles. The van der Waals surface area contributed by atoms with E-state index in [0.717, 1.165) is 11.3 Å². The maximum Gasteiger partial charge on any atom is 0.313 e. The Morgan fingerprint density at radius 3 is 2.77 bits per heavy atom. The summed E-state index contributed by atoms with van der Waals surface area (Å²) in [5, 5.41) is 11.8. The van der Waals surface area contributed by atoms with Crippen molar-refractivity contribution in [3.8, 4) is 11.4 Å². The number of amides is 2. The predicted octanol–water partition coefficient (Wildman–Crippen LogP) is 3.86. The van der Waals surface area contributed by atoms with E-state index in [1.807, 2.05) is 12.3 Å². The van der Waals surface area contributed by atoms with Crippen LogP contribution in [0.5, 0.6) is 0 Å². The van der Waals surface area contributed by atoms with E-state index >= 15 is 0 Å². The topological polar surface area (TPSA) is 88.4 Å². The largest absolute Gasteiger partial charge is 0.347 e. The molecule has 0 aliphatic carbocycles. The first-order valence-corrected chi connectivity index (χ1v) is 10.6. The molecule has 0 aliphatic heterocycles. The van der Waals surface area contributed by atoms with E-state index < -0.39 is 17.6 Å². The number of anilines is 1. The van der Waals surface area contributed by atoms with Crippen molar-refractivity contribution in [2.45, 2.75) is 13.3 Å². The summed E-state index contributed by atoms with van der Waals surface area (Å²) in [5.74, 6) is -1.63. The highest BCUT2D eigenvalue weighted by Gasteiger charge is 2.16. The Labute approximate surface area is 185 Å². The first-order valence-electron chi connectivity index (χ1n) is 9.36. The lowest BCUT2D eigenvalue weighted by Crippen LogP contribution is -2.36. The number of halogens is 2. The lowest BCUT2D eigenvalue weighted by Gasteiger charge is -2.07. The van der Waals surface area contributed by atoms with Crippen LogP contribution >= 0.6 is 22.9 Å². The van der Waals surface area contributed by atoms with Crippen molar-refractivity contribution < 1.29 is 14.0 Å². The van der Waals surface area contributed by atoms with Gasteiger partial charge in [0.05, 0.1) is 11.3 Å². The van der Waals surface area contributed by atoms with Crippen LogP contribution in [0.3, 0.4) is 0 Å². The smallest absolute Gasteiger partial charge is 0.313 e. The van der Waals surface area contributed by atoms with Gasteiger partial charge in [-0.15, -0.1) is 16.4 Å². The molecule has 10 heteroatoms. The van der Waals surface area contributed by atoms with E-state index in [2.05, 4.69) is 20.7 Å². The lowest BCUT2D eigenvalue weighted by atomic mass is 10.2. The summed E-state index contributed by atoms with van der Waals surface area (Å²) in [4.78, 5) is 29.1. The third-order valence-electron chi connectivity index (χ3n) is 4.57. The molecule has 0 spiro atoms. The van der Waals surface area contributed by atoms with Gasteiger partial charge in [0.2, 0.25) is 4.96 Å². The van der Waals surface area contributed by atoms with Gasteiger partial charge in [-0.1, -0.05) is 29.8 Å². The van der Waals surface area contributed by atoms with Crippen LogP contribution < -0.4 is 10.6 Å². The fourth-order valence-electron chi connectivity index (χ4n) is 2.90. The molecular weight excluding hydrogens is 441 g/mol. The molecule has 2 aromatic heterocycles. The van der Waals surface area contributed by atoms with Crippen LogP contribution in [0.1, 0.15) is 11.3 Å². The van der Waals surface area contributed by atoms with Crippen LogP contribution in [0.15, 0.2) is 47.8 Å². The van der Waals surface area contributed by atoms with Gasteiger partial charge in [-0.2, -0.15) is 4.98 Å². The molecule has 0 bridgehead atoms. The SMILES string of the molecule is Cc1ccc(NC(=O)C(=O)NCCc2csc3nc(-c4ccccc4F)nn23)cc1Cl. The Bertz CT molecular complexity index is 1290. The number of carbonyl (C=O) groups is 2. The molecule has 4 aromatic rings. The second kappa shape index (κ2) is 8.83. The normalized spacial score (nSPS) is 10.9. The quantitative estimate of drug-likeness (QED) is 0.445. The predicted molar refractivity (Wildman–Crippen MR) is 118 cm³/mol. The van der Waals surface area contributed by atoms with Gasteiger partial charge in [-0.05, 0) is 36.8 Å². The first-order chi connectivity index (χ1) is 14.9. The molecule has 2 amide bonds. The number of nitrogens with one attached hydrogen (secondary N) is 2. The summed E-state index contributed by atoms with van der Waals surface area (Å²) < 4.78 is 15.6. The molecule has 0 atom stereocenters. The highest BCUT2D eigenvalue weighted by molar-refractivity contribution is 7.15. The summed E-state index contributed by atoms with van der Waals surface area (Å²) >= 11 is 7.40. The average molecular weight is 458 g/mol. The molecule has 0 fully saturated rings. The Balaban J connectivity index is 1.37. The number of aromatic nitrogens is 3. The van der Waals surface area contributed by atoms with Crippen LogP contribution in [0.4, 0.5) is 10.1 Å². The Morgan fingerprint density at radius 2 is 2.00 bits per heavy atom. The summed E-state index contributed by atoms with van der Waals surface area (Å²) in [7, 11) is 0. The van der Waals surface area contributed by atoms with Crippen molar-refractivity contribution in [1.82, 2.24) is 19.9 Å². The van der Waals surface area contributed by atoms with E-state index in [9.17, 15) is 14.0 Å². The standard InChI is InChI=1S/C21H17ClFN5O2S/c1-12-6-7-13(10-16(12)22)25-20(30)19(29)24-9-8-14-11-31-21-26-18(27-28(14)21)15-4-2-3-5-17(15)23/h2-7,10-11H,8-9H2,1H3,(H,24,29)(H,25,30). The van der Waals surface area contributed by atoms with E-state index in [1.54, 1.807) is 40.9 Å². The molecule has 2 aromatic carbocycles. The summed E-state index contributed by atoms with van der Waals surface area (Å²) in [6.07, 6.45) is 0.426. The zero-order valence-corrected chi connectivity index (χ0v) is 17.9. The molecule has 7 nitrogen and oxygen atoms in total. The van der Waals surface area contributed by atoms with E-state index in [1.165, 1.54) is 17.4 Å². The van der Waals surface area contributed by atoms with E-state index in [-0.39, 0.29) is 6.54 Å². The van der Waals surface area contributed by atoms with Gasteiger partial charge in [0.25, 0.3) is 0 Å². The van der Waals surface area contributed by atoms with Crippen LogP contribution in [-0.2, 0) is 16.0 Å². The van der Waals surface area contributed by atoms with Gasteiger partial charge in [-0.3, -0.25) is 9.59 Å². The summed E-state index contributed by atoms with van der Waals surface area (Å²) in [6.45, 7) is 2.07. The number of thiazole rings is 1. The fraction of sp³-hybridized carbons (Fsp3) is 0.143. The molecule has 0 unspecified atom stereocenters. The van der Waals surface area contributed by atoms with Crippen LogP contribution in [-0.4, -0.2) is 33.0 Å². The molecular formula is C21H17ClFN5O2S. The molecule has 31 heavy (non-hydrogen) atoms. The average Bonchev–Trinajstić information content (AvgIpc) is 3.32. The van der Waals surface area contributed by atoms with Gasteiger partial charge in [0, 0.05) is 29.1 Å². The highest BCUT2D eigenvalue weighted by Crippen LogP contribution is 2.23. The number of aryl methyl sites for hydroxylation is 1. The number of rotatable bonds is 5. The van der Waals surface area contributed by atoms with E-state index in [0.29, 0.717) is 33.5 Å². The Kier molecular flexibility index (Phi) is 5.97. The maximum absolute atomic E-state index is 14.0. The Morgan fingerprint density at radius 1 is 1.19 bits per heavy atom. The van der Waals surface area contributed by atoms with Crippen molar-refractivity contribution in [3.63, 3.8) is 0 Å². The molecule has 2 heterocycles. The molecule has 0 saturated heterocycles. The number of fused-ring (bicyclic) bond motifs is 1. The van der Waals surface area contributed by atoms with Crippen LogP contribution in [0.2, 0.25) is 5.02 Å². The second-order valence-electron chi connectivity index (χ2n) is 6.76. The molecule has 4 rings (SSSR count). The minimum Gasteiger partial charge on any atom is -0.347 e. The van der Waals surface area contributed by atoms with Crippen LogP contribution in [0, 0.1) is 12.7 Å². The van der Waals surface area contributed by atoms with Crippen molar-refractivity contribution in [3.05, 3.63) is 69.9 Å². The number of nitrogens with zero attached hydrogens (tertiary/aromatic N) is 3. The van der Waals surface area contributed by atoms with Gasteiger partial charge in [0.15, 0.2) is 5.82 Å². The summed E-state index contributed by atoms with van der Waals surface area (Å²) in [5.41, 5.74) is 2.43. The van der Waals surface area contributed by atoms with Gasteiger partial charge < -0.3 is 10.6 Å². The van der Waals surface area contributed by atoms with Crippen molar-refractivity contribution in [2.75, 3.05) is 11.9 Å². The fourth-order valence-corrected chi connectivity index (χ4v) is 3.93. The minimum atomic E-state index is -0.780. The monoisotopic (exact) mass is 457 g/mol. The lowest BCUT2D eigenvalue weighted by molar-refractivity contribution is -0.136. The zero-order chi connectivity index (χ0) is 22.0. The van der Waals surface area contributed by atoms with Crippen LogP contribution in [0.25, 0.3) is 16.3 Å². The van der Waals surface area contributed by atoms with Gasteiger partial charge in [-0.25, -0.2) is 8.91 Å². The number of hydrogen-bond donors (Lipinski definition) is 2. The summed E-state index contributed by atoms with van der Waals surface area (Å²) in [6, 6.07) is 11.3.